The lowest BCUT2D eigenvalue weighted by molar-refractivity contribution is -0.118. The summed E-state index contributed by atoms with van der Waals surface area (Å²) < 4.78 is 7.42. The van der Waals surface area contributed by atoms with Crippen LogP contribution in [0.5, 0.6) is 0 Å². The summed E-state index contributed by atoms with van der Waals surface area (Å²) in [5, 5.41) is 0. The number of carbonyl (C=O) groups is 1. The van der Waals surface area contributed by atoms with Crippen LogP contribution < -0.4 is 0 Å². The minimum Gasteiger partial charge on any atom is -0.459 e. The zero-order valence-corrected chi connectivity index (χ0v) is 19.3. The van der Waals surface area contributed by atoms with Crippen molar-refractivity contribution < 1.29 is 9.53 Å². The van der Waals surface area contributed by atoms with Gasteiger partial charge in [0.2, 0.25) is 0 Å². The molecule has 0 bridgehead atoms. The fraction of sp³-hybridized carbons (Fsp3) is 0.654. The van der Waals surface area contributed by atoms with Crippen molar-refractivity contribution >= 4 is 21.9 Å². The molecule has 2 nitrogen and oxygen atoms in total. The highest BCUT2D eigenvalue weighted by molar-refractivity contribution is 9.11. The quantitative estimate of drug-likeness (QED) is 0.441. The molecule has 0 amide bonds. The summed E-state index contributed by atoms with van der Waals surface area (Å²) in [6.07, 6.45) is 12.5. The van der Waals surface area contributed by atoms with E-state index in [0.717, 1.165) is 30.6 Å². The number of esters is 1. The van der Waals surface area contributed by atoms with E-state index in [1.807, 2.05) is 30.3 Å². The predicted molar refractivity (Wildman–Crippen MR) is 120 cm³/mol. The van der Waals surface area contributed by atoms with Gasteiger partial charge in [0, 0.05) is 5.41 Å². The second-order valence-corrected chi connectivity index (χ2v) is 11.4. The summed E-state index contributed by atoms with van der Waals surface area (Å²) in [6, 6.07) is 9.46. The van der Waals surface area contributed by atoms with Gasteiger partial charge >= 0.3 is 5.97 Å². The molecular weight excluding hydrogens is 424 g/mol. The largest absolute Gasteiger partial charge is 0.459 e. The molecule has 156 valence electrons. The molecule has 4 aliphatic rings. The fourth-order valence-electron chi connectivity index (χ4n) is 7.63. The molecule has 29 heavy (non-hydrogen) atoms. The van der Waals surface area contributed by atoms with Crippen LogP contribution in [-0.2, 0) is 4.74 Å². The van der Waals surface area contributed by atoms with E-state index >= 15 is 0 Å². The van der Waals surface area contributed by atoms with Gasteiger partial charge < -0.3 is 4.74 Å². The number of ether oxygens (including phenoxy) is 1. The van der Waals surface area contributed by atoms with Crippen LogP contribution in [0.4, 0.5) is 0 Å². The zero-order chi connectivity index (χ0) is 20.2. The Labute approximate surface area is 183 Å². The minimum absolute atomic E-state index is 0.0912. The Bertz CT molecular complexity index is 817. The van der Waals surface area contributed by atoms with Crippen LogP contribution in [0.1, 0.15) is 75.6 Å². The number of halogens is 1. The smallest absolute Gasteiger partial charge is 0.338 e. The van der Waals surface area contributed by atoms with Crippen LogP contribution in [0.2, 0.25) is 0 Å². The van der Waals surface area contributed by atoms with E-state index in [1.54, 1.807) is 0 Å². The van der Waals surface area contributed by atoms with Crippen LogP contribution in [0.3, 0.4) is 0 Å². The molecule has 1 aromatic rings. The maximum Gasteiger partial charge on any atom is 0.338 e. The number of allylic oxidation sites excluding steroid dienone is 2. The van der Waals surface area contributed by atoms with Crippen molar-refractivity contribution in [2.75, 3.05) is 0 Å². The first kappa shape index (κ1) is 19.8. The molecule has 0 spiro atoms. The highest BCUT2D eigenvalue weighted by atomic mass is 79.9. The van der Waals surface area contributed by atoms with Gasteiger partial charge in [0.1, 0.15) is 6.10 Å². The van der Waals surface area contributed by atoms with E-state index in [9.17, 15) is 4.79 Å². The van der Waals surface area contributed by atoms with E-state index in [1.165, 1.54) is 43.0 Å². The van der Waals surface area contributed by atoms with Crippen molar-refractivity contribution in [3.63, 3.8) is 0 Å². The molecule has 0 N–H and O–H groups in total. The molecule has 3 saturated carbocycles. The molecule has 1 aromatic carbocycles. The standard InChI is InChI=1S/C26H33BrO2/c1-25-14-12-19(29-24(28)17-6-4-3-5-7-17)16-18(25)8-9-20-21-10-11-23(27)26(21,2)15-13-22(20)25/h3-7,11,18-22H,8-10,12-16H2,1-2H3/t18-,19+,20-,21-,22-,25-,26-/m0/s1. The van der Waals surface area contributed by atoms with Gasteiger partial charge in [-0.15, -0.1) is 0 Å². The Morgan fingerprint density at radius 3 is 2.62 bits per heavy atom. The number of rotatable bonds is 2. The second-order valence-electron chi connectivity index (χ2n) is 10.6. The third-order valence-corrected chi connectivity index (χ3v) is 10.6. The van der Waals surface area contributed by atoms with Gasteiger partial charge in [-0.2, -0.15) is 0 Å². The van der Waals surface area contributed by atoms with Crippen LogP contribution in [0, 0.1) is 34.5 Å². The second kappa shape index (κ2) is 7.25. The summed E-state index contributed by atoms with van der Waals surface area (Å²) in [5.74, 6) is 3.08. The molecule has 5 rings (SSSR count). The molecule has 0 aliphatic heterocycles. The predicted octanol–water partition coefficient (Wildman–Crippen LogP) is 7.14. The summed E-state index contributed by atoms with van der Waals surface area (Å²) in [4.78, 5) is 12.5. The third kappa shape index (κ3) is 3.14. The zero-order valence-electron chi connectivity index (χ0n) is 17.7. The average molecular weight is 457 g/mol. The molecular formula is C26H33BrO2. The molecule has 0 unspecified atom stereocenters. The first-order valence-electron chi connectivity index (χ1n) is 11.5. The lowest BCUT2D eigenvalue weighted by atomic mass is 9.45. The highest BCUT2D eigenvalue weighted by Gasteiger charge is 2.58. The van der Waals surface area contributed by atoms with Gasteiger partial charge in [-0.3, -0.25) is 0 Å². The topological polar surface area (TPSA) is 26.3 Å². The van der Waals surface area contributed by atoms with Gasteiger partial charge in [-0.25, -0.2) is 4.79 Å². The van der Waals surface area contributed by atoms with Crippen molar-refractivity contribution in [2.45, 2.75) is 71.3 Å². The summed E-state index contributed by atoms with van der Waals surface area (Å²) in [6.45, 7) is 5.07. The van der Waals surface area contributed by atoms with Gasteiger partial charge in [-0.05, 0) is 97.1 Å². The Balaban J connectivity index is 1.28. The molecule has 7 atom stereocenters. The number of benzene rings is 1. The fourth-order valence-corrected chi connectivity index (χ4v) is 8.31. The highest BCUT2D eigenvalue weighted by Crippen LogP contribution is 2.67. The summed E-state index contributed by atoms with van der Waals surface area (Å²) in [5.41, 5.74) is 1.48. The minimum atomic E-state index is -0.150. The molecule has 0 heterocycles. The van der Waals surface area contributed by atoms with E-state index in [2.05, 4.69) is 35.9 Å². The molecule has 3 heteroatoms. The van der Waals surface area contributed by atoms with Crippen molar-refractivity contribution in [1.29, 1.82) is 0 Å². The van der Waals surface area contributed by atoms with Crippen molar-refractivity contribution in [3.05, 3.63) is 46.5 Å². The number of carbonyl (C=O) groups excluding carboxylic acids is 1. The van der Waals surface area contributed by atoms with Gasteiger partial charge in [-0.1, -0.05) is 54.1 Å². The summed E-state index contributed by atoms with van der Waals surface area (Å²) >= 11 is 3.90. The lowest BCUT2D eigenvalue weighted by Gasteiger charge is -2.60. The molecule has 0 aromatic heterocycles. The monoisotopic (exact) mass is 456 g/mol. The van der Waals surface area contributed by atoms with Gasteiger partial charge in [0.05, 0.1) is 5.56 Å². The van der Waals surface area contributed by atoms with Crippen molar-refractivity contribution in [2.24, 2.45) is 34.5 Å². The van der Waals surface area contributed by atoms with Crippen LogP contribution in [0.15, 0.2) is 40.9 Å². The van der Waals surface area contributed by atoms with Crippen LogP contribution in [0.25, 0.3) is 0 Å². The Morgan fingerprint density at radius 2 is 1.83 bits per heavy atom. The average Bonchev–Trinajstić information content (AvgIpc) is 3.03. The first-order valence-corrected chi connectivity index (χ1v) is 12.3. The lowest BCUT2D eigenvalue weighted by Crippen LogP contribution is -2.53. The van der Waals surface area contributed by atoms with E-state index < -0.39 is 0 Å². The summed E-state index contributed by atoms with van der Waals surface area (Å²) in [7, 11) is 0. The van der Waals surface area contributed by atoms with Crippen molar-refractivity contribution in [3.8, 4) is 0 Å². The van der Waals surface area contributed by atoms with E-state index in [-0.39, 0.29) is 12.1 Å². The maximum absolute atomic E-state index is 12.5. The SMILES string of the molecule is C[C@]12CC[C@@H](OC(=O)c3ccccc3)C[C@@H]1CC[C@@H]1[C@@H]2CC[C@]2(C)C(Br)=CC[C@@H]12. The van der Waals surface area contributed by atoms with Crippen LogP contribution in [-0.4, -0.2) is 12.1 Å². The maximum atomic E-state index is 12.5. The normalized spacial score (nSPS) is 43.6. The molecule has 0 saturated heterocycles. The Morgan fingerprint density at radius 1 is 1.03 bits per heavy atom. The number of fused-ring (bicyclic) bond motifs is 5. The van der Waals surface area contributed by atoms with E-state index in [4.69, 9.17) is 4.74 Å². The number of hydrogen-bond acceptors (Lipinski definition) is 2. The first-order chi connectivity index (χ1) is 13.9. The van der Waals surface area contributed by atoms with Crippen molar-refractivity contribution in [1.82, 2.24) is 0 Å². The van der Waals surface area contributed by atoms with Gasteiger partial charge in [0.15, 0.2) is 0 Å². The Kier molecular flexibility index (Phi) is 4.96. The molecule has 4 aliphatic carbocycles. The molecule has 0 radical (unpaired) electrons. The third-order valence-electron chi connectivity index (χ3n) is 9.39. The van der Waals surface area contributed by atoms with Gasteiger partial charge in [0.25, 0.3) is 0 Å². The Hall–Kier alpha value is -1.09. The van der Waals surface area contributed by atoms with E-state index in [0.29, 0.717) is 22.3 Å². The number of hydrogen-bond donors (Lipinski definition) is 0. The molecule has 3 fully saturated rings. The van der Waals surface area contributed by atoms with Crippen LogP contribution >= 0.6 is 15.9 Å².